The van der Waals surface area contributed by atoms with Gasteiger partial charge in [0.05, 0.1) is 19.2 Å². The number of amides is 1. The van der Waals surface area contributed by atoms with Crippen LogP contribution >= 0.6 is 0 Å². The standard InChI is InChI=1S/C30H35NO5Si/c1-30(2,3)37(23-15-9-5-10-16-23,24-17-11-6-12-18-24)36-28-26(34-20-22-13-7-4-8-14-22)19-31-25(27(28)32)21-35-29(31)33/h4-18,25-28,32H,19-21H2,1-3H3/t25-,26+,27-,28-/m1/s1. The van der Waals surface area contributed by atoms with Crippen LogP contribution in [0.3, 0.4) is 0 Å². The summed E-state index contributed by atoms with van der Waals surface area (Å²) >= 11 is 0. The fraction of sp³-hybridized carbons (Fsp3) is 0.367. The van der Waals surface area contributed by atoms with Crippen molar-refractivity contribution in [3.63, 3.8) is 0 Å². The molecule has 0 spiro atoms. The van der Waals surface area contributed by atoms with E-state index in [0.29, 0.717) is 13.2 Å². The molecule has 0 unspecified atom stereocenters. The zero-order valence-electron chi connectivity index (χ0n) is 21.6. The Bertz CT molecular complexity index is 1150. The summed E-state index contributed by atoms with van der Waals surface area (Å²) < 4.78 is 19.1. The minimum Gasteiger partial charge on any atom is -0.447 e. The fourth-order valence-corrected chi connectivity index (χ4v) is 10.4. The first-order valence-corrected chi connectivity index (χ1v) is 14.8. The molecule has 0 aromatic heterocycles. The largest absolute Gasteiger partial charge is 0.447 e. The molecule has 37 heavy (non-hydrogen) atoms. The highest BCUT2D eigenvalue weighted by molar-refractivity contribution is 6.99. The predicted octanol–water partition coefficient (Wildman–Crippen LogP) is 3.71. The van der Waals surface area contributed by atoms with Gasteiger partial charge in [-0.15, -0.1) is 0 Å². The number of hydrogen-bond donors (Lipinski definition) is 1. The smallest absolute Gasteiger partial charge is 0.410 e. The first-order valence-electron chi connectivity index (χ1n) is 12.9. The van der Waals surface area contributed by atoms with E-state index in [1.54, 1.807) is 4.90 Å². The number of aliphatic hydroxyl groups is 1. The van der Waals surface area contributed by atoms with E-state index >= 15 is 0 Å². The molecule has 1 amide bonds. The van der Waals surface area contributed by atoms with Gasteiger partial charge in [0.15, 0.2) is 0 Å². The second kappa shape index (κ2) is 10.4. The number of cyclic esters (lactones) is 1. The van der Waals surface area contributed by atoms with Crippen LogP contribution in [-0.4, -0.2) is 61.9 Å². The van der Waals surface area contributed by atoms with Crippen molar-refractivity contribution in [1.29, 1.82) is 0 Å². The first kappa shape index (κ1) is 25.7. The van der Waals surface area contributed by atoms with Crippen LogP contribution in [0.2, 0.25) is 5.04 Å². The van der Waals surface area contributed by atoms with E-state index in [-0.39, 0.29) is 11.6 Å². The number of fused-ring (bicyclic) bond motifs is 1. The highest BCUT2D eigenvalue weighted by atomic mass is 28.4. The summed E-state index contributed by atoms with van der Waals surface area (Å²) in [6.45, 7) is 7.43. The van der Waals surface area contributed by atoms with Gasteiger partial charge >= 0.3 is 6.09 Å². The number of hydrogen-bond acceptors (Lipinski definition) is 5. The van der Waals surface area contributed by atoms with Crippen LogP contribution in [0.4, 0.5) is 4.79 Å². The number of carbonyl (C=O) groups is 1. The van der Waals surface area contributed by atoms with Crippen molar-refractivity contribution in [1.82, 2.24) is 4.90 Å². The maximum atomic E-state index is 12.5. The average molecular weight is 518 g/mol. The number of carbonyl (C=O) groups excluding carboxylic acids is 1. The summed E-state index contributed by atoms with van der Waals surface area (Å²) in [5.74, 6) is 0. The molecule has 2 fully saturated rings. The fourth-order valence-electron chi connectivity index (χ4n) is 5.66. The van der Waals surface area contributed by atoms with Crippen molar-refractivity contribution in [2.45, 2.75) is 56.8 Å². The number of nitrogens with zero attached hydrogens (tertiary/aromatic N) is 1. The van der Waals surface area contributed by atoms with Gasteiger partial charge in [-0.05, 0) is 21.0 Å². The monoisotopic (exact) mass is 517 g/mol. The van der Waals surface area contributed by atoms with Crippen LogP contribution in [0.25, 0.3) is 0 Å². The second-order valence-corrected chi connectivity index (χ2v) is 15.1. The zero-order valence-corrected chi connectivity index (χ0v) is 22.6. The maximum Gasteiger partial charge on any atom is 0.410 e. The third kappa shape index (κ3) is 4.84. The molecule has 7 heteroatoms. The van der Waals surface area contributed by atoms with Gasteiger partial charge < -0.3 is 19.0 Å². The normalized spacial score (nSPS) is 24.0. The topological polar surface area (TPSA) is 68.2 Å². The maximum absolute atomic E-state index is 12.5. The molecular weight excluding hydrogens is 482 g/mol. The molecule has 0 aliphatic carbocycles. The summed E-state index contributed by atoms with van der Waals surface area (Å²) in [5, 5.41) is 13.7. The Balaban J connectivity index is 1.58. The third-order valence-electron chi connectivity index (χ3n) is 7.52. The summed E-state index contributed by atoms with van der Waals surface area (Å²) in [6.07, 6.45) is -2.55. The molecular formula is C30H35NO5Si. The van der Waals surface area contributed by atoms with Crippen molar-refractivity contribution in [2.75, 3.05) is 13.2 Å². The van der Waals surface area contributed by atoms with Crippen LogP contribution in [-0.2, 0) is 20.5 Å². The lowest BCUT2D eigenvalue weighted by Gasteiger charge is -2.50. The Labute approximate surface area is 219 Å². The Morgan fingerprint density at radius 2 is 1.46 bits per heavy atom. The summed E-state index contributed by atoms with van der Waals surface area (Å²) in [4.78, 5) is 14.1. The molecule has 3 aromatic carbocycles. The Hall–Kier alpha value is -2.97. The molecule has 4 atom stereocenters. The van der Waals surface area contributed by atoms with Crippen molar-refractivity contribution in [3.8, 4) is 0 Å². The lowest BCUT2D eigenvalue weighted by molar-refractivity contribution is -0.137. The number of ether oxygens (including phenoxy) is 2. The molecule has 1 N–H and O–H groups in total. The first-order chi connectivity index (χ1) is 17.8. The summed E-state index contributed by atoms with van der Waals surface area (Å²) in [5.41, 5.74) is 1.02. The number of aliphatic hydroxyl groups excluding tert-OH is 1. The average Bonchev–Trinajstić information content (AvgIpc) is 3.28. The Kier molecular flexibility index (Phi) is 7.23. The lowest BCUT2D eigenvalue weighted by atomic mass is 9.95. The number of piperidine rings is 1. The molecule has 6 nitrogen and oxygen atoms in total. The van der Waals surface area contributed by atoms with Crippen molar-refractivity contribution < 1.29 is 23.8 Å². The minimum absolute atomic E-state index is 0.145. The molecule has 3 aromatic rings. The van der Waals surface area contributed by atoms with E-state index in [0.717, 1.165) is 15.9 Å². The zero-order chi connectivity index (χ0) is 26.0. The van der Waals surface area contributed by atoms with Gasteiger partial charge in [0.2, 0.25) is 0 Å². The van der Waals surface area contributed by atoms with E-state index in [9.17, 15) is 9.90 Å². The number of rotatable bonds is 7. The van der Waals surface area contributed by atoms with Crippen LogP contribution in [0.1, 0.15) is 26.3 Å². The van der Waals surface area contributed by atoms with E-state index in [1.807, 2.05) is 66.7 Å². The highest BCUT2D eigenvalue weighted by Gasteiger charge is 2.57. The van der Waals surface area contributed by atoms with Crippen LogP contribution in [0, 0.1) is 0 Å². The number of benzene rings is 3. The van der Waals surface area contributed by atoms with Gasteiger partial charge in [-0.1, -0.05) is 112 Å². The quantitative estimate of drug-likeness (QED) is 0.484. The van der Waals surface area contributed by atoms with Crippen LogP contribution < -0.4 is 10.4 Å². The highest BCUT2D eigenvalue weighted by Crippen LogP contribution is 2.40. The van der Waals surface area contributed by atoms with Crippen LogP contribution in [0.5, 0.6) is 0 Å². The summed E-state index contributed by atoms with van der Waals surface area (Å²) in [7, 11) is -2.97. The van der Waals surface area contributed by atoms with Gasteiger partial charge in [-0.25, -0.2) is 4.79 Å². The molecule has 5 rings (SSSR count). The minimum atomic E-state index is -2.97. The molecule has 2 aliphatic rings. The molecule has 0 radical (unpaired) electrons. The molecule has 0 bridgehead atoms. The van der Waals surface area contributed by atoms with Gasteiger partial charge in [0.25, 0.3) is 8.32 Å². The van der Waals surface area contributed by atoms with Crippen molar-refractivity contribution in [3.05, 3.63) is 96.6 Å². The van der Waals surface area contributed by atoms with E-state index in [2.05, 4.69) is 45.0 Å². The molecule has 2 heterocycles. The SMILES string of the molecule is CC(C)(C)[Si](O[C@H]1[C@H](O)[C@H]2COC(=O)N2C[C@@H]1OCc1ccccc1)(c1ccccc1)c1ccccc1. The second-order valence-electron chi connectivity index (χ2n) is 10.9. The predicted molar refractivity (Wildman–Crippen MR) is 145 cm³/mol. The van der Waals surface area contributed by atoms with Gasteiger partial charge in [-0.3, -0.25) is 4.90 Å². The van der Waals surface area contributed by atoms with Crippen molar-refractivity contribution in [2.24, 2.45) is 0 Å². The molecule has 194 valence electrons. The Morgan fingerprint density at radius 1 is 0.919 bits per heavy atom. The van der Waals surface area contributed by atoms with E-state index in [4.69, 9.17) is 13.9 Å². The van der Waals surface area contributed by atoms with Gasteiger partial charge in [-0.2, -0.15) is 0 Å². The Morgan fingerprint density at radius 3 is 2.00 bits per heavy atom. The molecule has 2 saturated heterocycles. The lowest BCUT2D eigenvalue weighted by Crippen LogP contribution is -2.72. The van der Waals surface area contributed by atoms with Crippen molar-refractivity contribution >= 4 is 24.8 Å². The van der Waals surface area contributed by atoms with E-state index in [1.165, 1.54) is 0 Å². The molecule has 0 saturated carbocycles. The van der Waals surface area contributed by atoms with Crippen LogP contribution in [0.15, 0.2) is 91.0 Å². The van der Waals surface area contributed by atoms with E-state index < -0.39 is 38.8 Å². The van der Waals surface area contributed by atoms with Gasteiger partial charge in [0.1, 0.15) is 24.9 Å². The summed E-state index contributed by atoms with van der Waals surface area (Å²) in [6, 6.07) is 30.2. The third-order valence-corrected chi connectivity index (χ3v) is 12.6. The molecule has 2 aliphatic heterocycles. The van der Waals surface area contributed by atoms with Gasteiger partial charge in [0, 0.05) is 0 Å².